The van der Waals surface area contributed by atoms with Gasteiger partial charge in [-0.15, -0.1) is 0 Å². The highest BCUT2D eigenvalue weighted by atomic mass is 16.6. The molecule has 0 aromatic heterocycles. The summed E-state index contributed by atoms with van der Waals surface area (Å²) < 4.78 is 5.52. The van der Waals surface area contributed by atoms with Crippen molar-refractivity contribution in [2.75, 3.05) is 6.54 Å². The molecule has 20 heavy (non-hydrogen) atoms. The molecule has 2 N–H and O–H groups in total. The first kappa shape index (κ1) is 16.5. The molecule has 112 valence electrons. The second-order valence-electron chi connectivity index (χ2n) is 6.10. The maximum absolute atomic E-state index is 12.3. The molecule has 4 nitrogen and oxygen atoms in total. The van der Waals surface area contributed by atoms with Crippen LogP contribution in [0.4, 0.5) is 4.79 Å². The van der Waals surface area contributed by atoms with Crippen molar-refractivity contribution in [3.8, 4) is 0 Å². The lowest BCUT2D eigenvalue weighted by Crippen LogP contribution is -2.41. The summed E-state index contributed by atoms with van der Waals surface area (Å²) in [7, 11) is 0. The van der Waals surface area contributed by atoms with Gasteiger partial charge in [-0.2, -0.15) is 0 Å². The van der Waals surface area contributed by atoms with Gasteiger partial charge in [-0.1, -0.05) is 30.3 Å². The number of ether oxygens (including phenoxy) is 1. The molecule has 0 radical (unpaired) electrons. The predicted molar refractivity (Wildman–Crippen MR) is 79.6 cm³/mol. The fourth-order valence-corrected chi connectivity index (χ4v) is 2.49. The van der Waals surface area contributed by atoms with Crippen molar-refractivity contribution in [1.29, 1.82) is 0 Å². The summed E-state index contributed by atoms with van der Waals surface area (Å²) in [4.78, 5) is 14.2. The van der Waals surface area contributed by atoms with E-state index in [9.17, 15) is 4.79 Å². The molecule has 0 bridgehead atoms. The topological polar surface area (TPSA) is 61.0 Å². The molecule has 1 aromatic rings. The number of hydrogen-bond acceptors (Lipinski definition) is 2. The van der Waals surface area contributed by atoms with Crippen molar-refractivity contribution in [1.82, 2.24) is 4.90 Å². The molecule has 1 fully saturated rings. The number of likely N-dealkylation sites (tertiary alicyclic amines) is 1. The van der Waals surface area contributed by atoms with Gasteiger partial charge in [0.05, 0.1) is 6.04 Å². The minimum atomic E-state index is -0.435. The van der Waals surface area contributed by atoms with Crippen molar-refractivity contribution in [2.24, 2.45) is 0 Å². The van der Waals surface area contributed by atoms with Crippen molar-refractivity contribution in [3.05, 3.63) is 35.9 Å². The van der Waals surface area contributed by atoms with E-state index < -0.39 is 5.60 Å². The van der Waals surface area contributed by atoms with Crippen molar-refractivity contribution in [3.63, 3.8) is 0 Å². The molecule has 0 spiro atoms. The minimum Gasteiger partial charge on any atom is -0.444 e. The number of carbonyl (C=O) groups is 1. The van der Waals surface area contributed by atoms with Crippen LogP contribution < -0.4 is 0 Å². The normalized spacial score (nSPS) is 19.1. The molecular formula is C16H25NO3. The number of nitrogens with zero attached hydrogens (tertiary/aromatic N) is 1. The smallest absolute Gasteiger partial charge is 0.410 e. The van der Waals surface area contributed by atoms with Gasteiger partial charge in [-0.25, -0.2) is 4.79 Å². The zero-order valence-electron chi connectivity index (χ0n) is 12.6. The summed E-state index contributed by atoms with van der Waals surface area (Å²) in [6, 6.07) is 10.4. The first-order chi connectivity index (χ1) is 8.97. The molecule has 2 rings (SSSR count). The van der Waals surface area contributed by atoms with Crippen LogP contribution in [0.3, 0.4) is 0 Å². The first-order valence-corrected chi connectivity index (χ1v) is 7.02. The van der Waals surface area contributed by atoms with E-state index in [2.05, 4.69) is 12.1 Å². The van der Waals surface area contributed by atoms with E-state index in [1.54, 1.807) is 0 Å². The average Bonchev–Trinajstić information content (AvgIpc) is 2.38. The molecule has 1 unspecified atom stereocenters. The summed E-state index contributed by atoms with van der Waals surface area (Å²) in [6.45, 7) is 6.51. The van der Waals surface area contributed by atoms with Crippen LogP contribution in [-0.4, -0.2) is 28.6 Å². The maximum Gasteiger partial charge on any atom is 0.410 e. The van der Waals surface area contributed by atoms with E-state index in [1.165, 1.54) is 12.0 Å². The van der Waals surface area contributed by atoms with Crippen molar-refractivity contribution >= 4 is 6.09 Å². The third kappa shape index (κ3) is 4.23. The third-order valence-electron chi connectivity index (χ3n) is 3.32. The van der Waals surface area contributed by atoms with Crippen LogP contribution in [0.1, 0.15) is 51.6 Å². The molecule has 4 heteroatoms. The highest BCUT2D eigenvalue weighted by Gasteiger charge is 2.31. The molecule has 1 aromatic carbocycles. The molecule has 1 aliphatic rings. The summed E-state index contributed by atoms with van der Waals surface area (Å²) in [5.74, 6) is 0. The van der Waals surface area contributed by atoms with Crippen LogP contribution in [0, 0.1) is 0 Å². The number of hydrogen-bond donors (Lipinski definition) is 0. The lowest BCUT2D eigenvalue weighted by molar-refractivity contribution is 0.00951. The number of amides is 1. The van der Waals surface area contributed by atoms with E-state index in [0.29, 0.717) is 0 Å². The lowest BCUT2D eigenvalue weighted by Gasteiger charge is -2.37. The van der Waals surface area contributed by atoms with E-state index in [0.717, 1.165) is 19.4 Å². The van der Waals surface area contributed by atoms with Gasteiger partial charge in [-0.05, 0) is 45.6 Å². The van der Waals surface area contributed by atoms with Crippen LogP contribution in [0.15, 0.2) is 30.3 Å². The Kier molecular flexibility index (Phi) is 5.57. The maximum atomic E-state index is 12.3. The van der Waals surface area contributed by atoms with Gasteiger partial charge in [-0.3, -0.25) is 0 Å². The van der Waals surface area contributed by atoms with E-state index in [4.69, 9.17) is 4.74 Å². The third-order valence-corrected chi connectivity index (χ3v) is 3.32. The van der Waals surface area contributed by atoms with Gasteiger partial charge in [0.15, 0.2) is 0 Å². The summed E-state index contributed by atoms with van der Waals surface area (Å²) in [6.07, 6.45) is 3.05. The second kappa shape index (κ2) is 6.75. The Morgan fingerprint density at radius 3 is 2.45 bits per heavy atom. The van der Waals surface area contributed by atoms with Crippen molar-refractivity contribution < 1.29 is 15.0 Å². The Hall–Kier alpha value is -1.55. The summed E-state index contributed by atoms with van der Waals surface area (Å²) in [5, 5.41) is 0. The molecule has 0 aliphatic carbocycles. The zero-order valence-corrected chi connectivity index (χ0v) is 12.6. The Morgan fingerprint density at radius 2 is 1.85 bits per heavy atom. The van der Waals surface area contributed by atoms with Crippen LogP contribution in [0.5, 0.6) is 0 Å². The van der Waals surface area contributed by atoms with Crippen molar-refractivity contribution in [2.45, 2.75) is 51.7 Å². The lowest BCUT2D eigenvalue weighted by atomic mass is 9.96. The molecule has 1 atom stereocenters. The molecule has 1 heterocycles. The average molecular weight is 279 g/mol. The second-order valence-corrected chi connectivity index (χ2v) is 6.10. The number of rotatable bonds is 1. The Balaban J connectivity index is 0.00000200. The zero-order chi connectivity index (χ0) is 13.9. The standard InChI is InChI=1S/C16H23NO2.H2O/c1-16(2,3)19-15(18)17-12-8-7-11-14(17)13-9-5-4-6-10-13;/h4-6,9-10,14H,7-8,11-12H2,1-3H3;1H2. The van der Waals surface area contributed by atoms with Crippen LogP contribution >= 0.6 is 0 Å². The molecule has 0 saturated carbocycles. The van der Waals surface area contributed by atoms with Gasteiger partial charge in [0, 0.05) is 6.54 Å². The largest absolute Gasteiger partial charge is 0.444 e. The number of carbonyl (C=O) groups excluding carboxylic acids is 1. The number of piperidine rings is 1. The van der Waals surface area contributed by atoms with Crippen LogP contribution in [0.25, 0.3) is 0 Å². The van der Waals surface area contributed by atoms with Crippen LogP contribution in [-0.2, 0) is 4.74 Å². The molecule has 1 saturated heterocycles. The van der Waals surface area contributed by atoms with Crippen LogP contribution in [0.2, 0.25) is 0 Å². The fourth-order valence-electron chi connectivity index (χ4n) is 2.49. The van der Waals surface area contributed by atoms with E-state index in [-0.39, 0.29) is 17.6 Å². The summed E-state index contributed by atoms with van der Waals surface area (Å²) >= 11 is 0. The minimum absolute atomic E-state index is 0. The SMILES string of the molecule is CC(C)(C)OC(=O)N1CCCCC1c1ccccc1.O. The highest BCUT2D eigenvalue weighted by molar-refractivity contribution is 5.69. The van der Waals surface area contributed by atoms with E-state index in [1.807, 2.05) is 43.9 Å². The quantitative estimate of drug-likeness (QED) is 0.791. The Labute approximate surface area is 121 Å². The van der Waals surface area contributed by atoms with Gasteiger partial charge in [0.1, 0.15) is 5.60 Å². The first-order valence-electron chi connectivity index (χ1n) is 7.02. The van der Waals surface area contributed by atoms with Gasteiger partial charge < -0.3 is 15.1 Å². The molecule has 1 aliphatic heterocycles. The molecule has 1 amide bonds. The monoisotopic (exact) mass is 279 g/mol. The number of benzene rings is 1. The van der Waals surface area contributed by atoms with Gasteiger partial charge in [0.25, 0.3) is 0 Å². The molecular weight excluding hydrogens is 254 g/mol. The van der Waals surface area contributed by atoms with E-state index >= 15 is 0 Å². The van der Waals surface area contributed by atoms with Gasteiger partial charge in [0.2, 0.25) is 0 Å². The Bertz CT molecular complexity index is 425. The highest BCUT2D eigenvalue weighted by Crippen LogP contribution is 2.31. The fraction of sp³-hybridized carbons (Fsp3) is 0.562. The van der Waals surface area contributed by atoms with Gasteiger partial charge >= 0.3 is 6.09 Å². The Morgan fingerprint density at radius 1 is 1.20 bits per heavy atom. The predicted octanol–water partition coefficient (Wildman–Crippen LogP) is 3.32. The summed E-state index contributed by atoms with van der Waals surface area (Å²) in [5.41, 5.74) is 0.767.